The molecule has 3 aromatic rings. The van der Waals surface area contributed by atoms with Gasteiger partial charge >= 0.3 is 0 Å². The number of rotatable bonds is 6. The summed E-state index contributed by atoms with van der Waals surface area (Å²) in [4.78, 5) is 4.41. The Labute approximate surface area is 156 Å². The number of aromatic nitrogens is 2. The van der Waals surface area contributed by atoms with Gasteiger partial charge in [0.15, 0.2) is 0 Å². The maximum atomic E-state index is 12.5. The van der Waals surface area contributed by atoms with Gasteiger partial charge in [-0.2, -0.15) is 4.98 Å². The van der Waals surface area contributed by atoms with E-state index >= 15 is 0 Å². The van der Waals surface area contributed by atoms with E-state index in [1.165, 1.54) is 6.42 Å². The van der Waals surface area contributed by atoms with Gasteiger partial charge in [-0.3, -0.25) is 0 Å². The van der Waals surface area contributed by atoms with Crippen LogP contribution in [-0.2, 0) is 16.6 Å². The van der Waals surface area contributed by atoms with Crippen LogP contribution in [0.5, 0.6) is 0 Å². The van der Waals surface area contributed by atoms with Crippen LogP contribution in [-0.4, -0.2) is 18.6 Å². The number of thiophene rings is 1. The fraction of sp³-hybridized carbons (Fsp3) is 0.333. The molecule has 0 aliphatic heterocycles. The van der Waals surface area contributed by atoms with Crippen LogP contribution in [0.3, 0.4) is 0 Å². The van der Waals surface area contributed by atoms with E-state index < -0.39 is 10.0 Å². The number of aryl methyl sites for hydroxylation is 1. The van der Waals surface area contributed by atoms with E-state index in [0.29, 0.717) is 23.2 Å². The molecule has 0 atom stereocenters. The highest BCUT2D eigenvalue weighted by Crippen LogP contribution is 2.36. The number of hydrogen-bond acceptors (Lipinski definition) is 6. The van der Waals surface area contributed by atoms with E-state index in [-0.39, 0.29) is 10.8 Å². The first kappa shape index (κ1) is 17.4. The van der Waals surface area contributed by atoms with Crippen LogP contribution in [0.2, 0.25) is 0 Å². The third-order valence-electron chi connectivity index (χ3n) is 4.58. The van der Waals surface area contributed by atoms with Crippen molar-refractivity contribution < 1.29 is 12.9 Å². The average Bonchev–Trinajstić information content (AvgIpc) is 3.22. The van der Waals surface area contributed by atoms with Crippen molar-refractivity contribution in [2.24, 2.45) is 0 Å². The average molecular weight is 390 g/mol. The summed E-state index contributed by atoms with van der Waals surface area (Å²) in [5.74, 6) is 1.46. The molecule has 2 aromatic heterocycles. The Morgan fingerprint density at radius 1 is 1.27 bits per heavy atom. The fourth-order valence-electron chi connectivity index (χ4n) is 2.70. The summed E-state index contributed by atoms with van der Waals surface area (Å²) in [6.07, 6.45) is 3.34. The lowest BCUT2D eigenvalue weighted by Gasteiger charge is -2.20. The smallest absolute Gasteiger partial charge is 0.250 e. The zero-order valence-corrected chi connectivity index (χ0v) is 15.9. The van der Waals surface area contributed by atoms with Crippen molar-refractivity contribution in [1.82, 2.24) is 14.9 Å². The quantitative estimate of drug-likeness (QED) is 0.692. The second-order valence-corrected chi connectivity index (χ2v) is 9.45. The minimum atomic E-state index is -3.58. The van der Waals surface area contributed by atoms with Gasteiger partial charge in [0, 0.05) is 23.4 Å². The summed E-state index contributed by atoms with van der Waals surface area (Å²) in [5, 5.41) is 5.74. The third-order valence-corrected chi connectivity index (χ3v) is 7.42. The predicted molar refractivity (Wildman–Crippen MR) is 99.4 cm³/mol. The number of benzene rings is 1. The van der Waals surface area contributed by atoms with Crippen LogP contribution in [0.15, 0.2) is 44.4 Å². The van der Waals surface area contributed by atoms with Crippen molar-refractivity contribution in [1.29, 1.82) is 0 Å². The Hall–Kier alpha value is -2.03. The molecule has 6 nitrogen and oxygen atoms in total. The molecule has 0 bridgehead atoms. The van der Waals surface area contributed by atoms with E-state index in [1.807, 2.05) is 31.2 Å². The molecule has 1 fully saturated rings. The number of hydrogen-bond donors (Lipinski definition) is 1. The van der Waals surface area contributed by atoms with Crippen molar-refractivity contribution >= 4 is 21.4 Å². The molecular formula is C18H19N3O3S2. The van der Waals surface area contributed by atoms with E-state index in [9.17, 15) is 8.42 Å². The van der Waals surface area contributed by atoms with Crippen LogP contribution < -0.4 is 4.72 Å². The van der Waals surface area contributed by atoms with Crippen molar-refractivity contribution in [3.8, 4) is 11.4 Å². The molecule has 1 aliphatic rings. The van der Waals surface area contributed by atoms with Crippen molar-refractivity contribution in [2.45, 2.75) is 42.9 Å². The fourth-order valence-corrected chi connectivity index (χ4v) is 4.92. The van der Waals surface area contributed by atoms with Gasteiger partial charge in [0.2, 0.25) is 21.7 Å². The van der Waals surface area contributed by atoms with Gasteiger partial charge in [-0.1, -0.05) is 41.4 Å². The zero-order chi connectivity index (χ0) is 18.1. The summed E-state index contributed by atoms with van der Waals surface area (Å²) in [5.41, 5.74) is 2.72. The monoisotopic (exact) mass is 389 g/mol. The predicted octanol–water partition coefficient (Wildman–Crippen LogP) is 3.85. The molecule has 1 aromatic carbocycles. The third kappa shape index (κ3) is 3.58. The maximum Gasteiger partial charge on any atom is 0.250 e. The molecule has 0 spiro atoms. The highest BCUT2D eigenvalue weighted by Gasteiger charge is 2.26. The number of nitrogens with one attached hydrogen (secondary N) is 1. The Balaban J connectivity index is 1.47. The molecule has 0 unspecified atom stereocenters. The summed E-state index contributed by atoms with van der Waals surface area (Å²) < 4.78 is 33.2. The number of sulfonamides is 1. The molecule has 2 heterocycles. The van der Waals surface area contributed by atoms with Crippen molar-refractivity contribution in [2.75, 3.05) is 0 Å². The molecule has 26 heavy (non-hydrogen) atoms. The van der Waals surface area contributed by atoms with Crippen molar-refractivity contribution in [3.05, 3.63) is 52.7 Å². The van der Waals surface area contributed by atoms with Crippen LogP contribution in [0, 0.1) is 6.92 Å². The molecular weight excluding hydrogens is 370 g/mol. The van der Waals surface area contributed by atoms with Crippen LogP contribution in [0.4, 0.5) is 0 Å². The summed E-state index contributed by atoms with van der Waals surface area (Å²) in [6, 6.07) is 9.35. The zero-order valence-electron chi connectivity index (χ0n) is 14.3. The molecule has 8 heteroatoms. The van der Waals surface area contributed by atoms with Gasteiger partial charge in [0.25, 0.3) is 0 Å². The van der Waals surface area contributed by atoms with Crippen LogP contribution in [0.1, 0.15) is 42.2 Å². The standard InChI is InChI=1S/C18H19N3O3S2/c1-12-5-7-13(8-6-12)10-19-26(22,23)16-9-15(11-25-16)17-20-18(24-21-17)14-3-2-4-14/h5-9,11,14,19H,2-4,10H2,1H3. The lowest BCUT2D eigenvalue weighted by atomic mass is 9.85. The summed E-state index contributed by atoms with van der Waals surface area (Å²) in [6.45, 7) is 2.25. The van der Waals surface area contributed by atoms with E-state index in [0.717, 1.165) is 35.3 Å². The molecule has 1 N–H and O–H groups in total. The highest BCUT2D eigenvalue weighted by molar-refractivity contribution is 7.91. The van der Waals surface area contributed by atoms with Gasteiger partial charge in [0.1, 0.15) is 4.21 Å². The first-order valence-corrected chi connectivity index (χ1v) is 10.9. The Morgan fingerprint density at radius 2 is 2.04 bits per heavy atom. The van der Waals surface area contributed by atoms with Gasteiger partial charge < -0.3 is 4.52 Å². The summed E-state index contributed by atoms with van der Waals surface area (Å²) >= 11 is 1.15. The van der Waals surface area contributed by atoms with Gasteiger partial charge in [-0.15, -0.1) is 11.3 Å². The molecule has 0 amide bonds. The lowest BCUT2D eigenvalue weighted by Crippen LogP contribution is -2.22. The minimum absolute atomic E-state index is 0.245. The molecule has 136 valence electrons. The molecule has 0 radical (unpaired) electrons. The first-order valence-electron chi connectivity index (χ1n) is 8.49. The molecule has 4 rings (SSSR count). The van der Waals surface area contributed by atoms with Gasteiger partial charge in [0.05, 0.1) is 0 Å². The Bertz CT molecular complexity index is 1000. The Kier molecular flexibility index (Phi) is 4.64. The molecule has 1 saturated carbocycles. The van der Waals surface area contributed by atoms with E-state index in [1.54, 1.807) is 11.4 Å². The van der Waals surface area contributed by atoms with E-state index in [2.05, 4.69) is 14.9 Å². The largest absolute Gasteiger partial charge is 0.339 e. The van der Waals surface area contributed by atoms with Crippen LogP contribution >= 0.6 is 11.3 Å². The van der Waals surface area contributed by atoms with Crippen molar-refractivity contribution in [3.63, 3.8) is 0 Å². The van der Waals surface area contributed by atoms with Crippen LogP contribution in [0.25, 0.3) is 11.4 Å². The van der Waals surface area contributed by atoms with Gasteiger partial charge in [-0.05, 0) is 31.4 Å². The maximum absolute atomic E-state index is 12.5. The second kappa shape index (κ2) is 6.94. The number of nitrogens with zero attached hydrogens (tertiary/aromatic N) is 2. The van der Waals surface area contributed by atoms with E-state index in [4.69, 9.17) is 4.52 Å². The lowest BCUT2D eigenvalue weighted by molar-refractivity contribution is 0.292. The summed E-state index contributed by atoms with van der Waals surface area (Å²) in [7, 11) is -3.58. The Morgan fingerprint density at radius 3 is 2.73 bits per heavy atom. The second-order valence-electron chi connectivity index (χ2n) is 6.55. The highest BCUT2D eigenvalue weighted by atomic mass is 32.2. The first-order chi connectivity index (χ1) is 12.5. The van der Waals surface area contributed by atoms with Gasteiger partial charge in [-0.25, -0.2) is 13.1 Å². The SMILES string of the molecule is Cc1ccc(CNS(=O)(=O)c2cc(-c3noc(C4CCC4)n3)cs2)cc1. The molecule has 0 saturated heterocycles. The molecule has 1 aliphatic carbocycles. The normalized spacial score (nSPS) is 15.1. The topological polar surface area (TPSA) is 85.1 Å². The minimum Gasteiger partial charge on any atom is -0.339 e.